The number of aryl methyl sites for hydroxylation is 2. The maximum absolute atomic E-state index is 14.3. The molecule has 1 N–H and O–H groups in total. The lowest BCUT2D eigenvalue weighted by molar-refractivity contribution is -0.142. The highest BCUT2D eigenvalue weighted by Gasteiger charge is 2.29. The molecule has 3 rings (SSSR count). The molecule has 1 saturated carbocycles. The van der Waals surface area contributed by atoms with Crippen molar-refractivity contribution in [1.82, 2.24) is 10.2 Å². The fraction of sp³-hybridized carbons (Fsp3) is 0.462. The van der Waals surface area contributed by atoms with Crippen LogP contribution in [0.5, 0.6) is 5.75 Å². The van der Waals surface area contributed by atoms with Crippen LogP contribution in [0.25, 0.3) is 0 Å². The summed E-state index contributed by atoms with van der Waals surface area (Å²) in [4.78, 5) is 27.5. The Hall–Kier alpha value is -2.60. The molecule has 2 aromatic carbocycles. The summed E-state index contributed by atoms with van der Waals surface area (Å²) in [5.41, 5.74) is 2.05. The molecule has 0 aromatic heterocycles. The zero-order valence-corrected chi connectivity index (χ0v) is 20.3. The Balaban J connectivity index is 1.74. The summed E-state index contributed by atoms with van der Waals surface area (Å²) in [6, 6.07) is 9.16. The second-order valence-electron chi connectivity index (χ2n) is 8.79. The number of hydrogen-bond acceptors (Lipinski definition) is 3. The molecule has 0 saturated heterocycles. The normalized spacial score (nSPS) is 15.1. The minimum atomic E-state index is -0.767. The number of hydrogen-bond donors (Lipinski definition) is 1. The molecule has 1 unspecified atom stereocenters. The number of nitrogens with one attached hydrogen (secondary N) is 1. The van der Waals surface area contributed by atoms with Gasteiger partial charge in [-0.2, -0.15) is 0 Å². The molecule has 1 atom stereocenters. The van der Waals surface area contributed by atoms with E-state index in [1.165, 1.54) is 17.4 Å². The number of ether oxygens (including phenoxy) is 1. The van der Waals surface area contributed by atoms with Gasteiger partial charge < -0.3 is 15.0 Å². The van der Waals surface area contributed by atoms with Crippen LogP contribution in [0.1, 0.15) is 55.7 Å². The van der Waals surface area contributed by atoms with Crippen molar-refractivity contribution < 1.29 is 18.7 Å². The Kier molecular flexibility index (Phi) is 8.73. The molecule has 0 radical (unpaired) electrons. The van der Waals surface area contributed by atoms with Gasteiger partial charge in [-0.25, -0.2) is 4.39 Å². The zero-order valence-electron chi connectivity index (χ0n) is 19.5. The van der Waals surface area contributed by atoms with E-state index in [9.17, 15) is 14.0 Å². The molecule has 33 heavy (non-hydrogen) atoms. The molecule has 0 aliphatic heterocycles. The highest BCUT2D eigenvalue weighted by atomic mass is 35.5. The summed E-state index contributed by atoms with van der Waals surface area (Å²) in [5.74, 6) is -0.521. The Bertz CT molecular complexity index is 968. The standard InChI is InChI=1S/C26H32ClFN2O3/c1-17-13-22(14-18(2)25(17)27)33-16-24(31)30(15-20-9-7-8-12-23(20)28)19(3)26(32)29-21-10-5-4-6-11-21/h7-9,12-14,19,21H,4-6,10-11,15-16H2,1-3H3,(H,29,32). The first kappa shape index (κ1) is 25.0. The monoisotopic (exact) mass is 474 g/mol. The van der Waals surface area contributed by atoms with Gasteiger partial charge in [-0.3, -0.25) is 9.59 Å². The van der Waals surface area contributed by atoms with Crippen molar-refractivity contribution in [2.45, 2.75) is 71.5 Å². The summed E-state index contributed by atoms with van der Waals surface area (Å²) in [6.45, 7) is 5.12. The number of halogens is 2. The number of amides is 2. The van der Waals surface area contributed by atoms with Crippen LogP contribution in [-0.4, -0.2) is 35.4 Å². The molecule has 1 aliphatic rings. The van der Waals surface area contributed by atoms with E-state index in [4.69, 9.17) is 16.3 Å². The van der Waals surface area contributed by atoms with Gasteiger partial charge in [-0.1, -0.05) is 49.1 Å². The molecular formula is C26H32ClFN2O3. The van der Waals surface area contributed by atoms with E-state index >= 15 is 0 Å². The third-order valence-corrected chi connectivity index (χ3v) is 6.79. The molecule has 178 valence electrons. The van der Waals surface area contributed by atoms with E-state index in [2.05, 4.69) is 5.32 Å². The zero-order chi connectivity index (χ0) is 24.0. The minimum absolute atomic E-state index is 0.0210. The molecule has 0 spiro atoms. The van der Waals surface area contributed by atoms with Crippen molar-refractivity contribution in [2.24, 2.45) is 0 Å². The lowest BCUT2D eigenvalue weighted by Crippen LogP contribution is -2.51. The van der Waals surface area contributed by atoms with Gasteiger partial charge in [0.05, 0.1) is 0 Å². The van der Waals surface area contributed by atoms with Crippen molar-refractivity contribution in [3.05, 3.63) is 63.9 Å². The average Bonchev–Trinajstić information content (AvgIpc) is 2.80. The van der Waals surface area contributed by atoms with E-state index in [1.54, 1.807) is 37.3 Å². The Morgan fingerprint density at radius 1 is 1.15 bits per heavy atom. The molecule has 1 aliphatic carbocycles. The van der Waals surface area contributed by atoms with Crippen molar-refractivity contribution >= 4 is 23.4 Å². The molecule has 5 nitrogen and oxygen atoms in total. The maximum Gasteiger partial charge on any atom is 0.261 e. The third kappa shape index (κ3) is 6.70. The van der Waals surface area contributed by atoms with Crippen molar-refractivity contribution in [3.63, 3.8) is 0 Å². The number of nitrogens with zero attached hydrogens (tertiary/aromatic N) is 1. The van der Waals surface area contributed by atoms with Crippen LogP contribution in [-0.2, 0) is 16.1 Å². The van der Waals surface area contributed by atoms with E-state index in [1.807, 2.05) is 13.8 Å². The first-order valence-corrected chi connectivity index (χ1v) is 11.9. The largest absolute Gasteiger partial charge is 0.484 e. The summed E-state index contributed by atoms with van der Waals surface area (Å²) >= 11 is 6.21. The van der Waals surface area contributed by atoms with Crippen LogP contribution in [0.2, 0.25) is 5.02 Å². The lowest BCUT2D eigenvalue weighted by atomic mass is 9.95. The lowest BCUT2D eigenvalue weighted by Gasteiger charge is -2.31. The molecule has 7 heteroatoms. The van der Waals surface area contributed by atoms with Crippen LogP contribution in [0, 0.1) is 19.7 Å². The Morgan fingerprint density at radius 3 is 2.42 bits per heavy atom. The van der Waals surface area contributed by atoms with Crippen LogP contribution < -0.4 is 10.1 Å². The molecule has 0 heterocycles. The predicted octanol–water partition coefficient (Wildman–Crippen LogP) is 5.34. The summed E-state index contributed by atoms with van der Waals surface area (Å²) < 4.78 is 20.1. The molecular weight excluding hydrogens is 443 g/mol. The van der Waals surface area contributed by atoms with Crippen molar-refractivity contribution in [3.8, 4) is 5.75 Å². The molecule has 1 fully saturated rings. The SMILES string of the molecule is Cc1cc(OCC(=O)N(Cc2ccccc2F)C(C)C(=O)NC2CCCCC2)cc(C)c1Cl. The van der Waals surface area contributed by atoms with Gasteiger partial charge in [0.25, 0.3) is 5.91 Å². The topological polar surface area (TPSA) is 58.6 Å². The van der Waals surface area contributed by atoms with Crippen LogP contribution >= 0.6 is 11.6 Å². The predicted molar refractivity (Wildman–Crippen MR) is 128 cm³/mol. The van der Waals surface area contributed by atoms with Crippen LogP contribution in [0.3, 0.4) is 0 Å². The van der Waals surface area contributed by atoms with Crippen molar-refractivity contribution in [1.29, 1.82) is 0 Å². The van der Waals surface area contributed by atoms with Gasteiger partial charge in [0.2, 0.25) is 5.91 Å². The van der Waals surface area contributed by atoms with Gasteiger partial charge in [-0.05, 0) is 62.9 Å². The van der Waals surface area contributed by atoms with Gasteiger partial charge in [0.15, 0.2) is 6.61 Å². The highest BCUT2D eigenvalue weighted by Crippen LogP contribution is 2.26. The first-order chi connectivity index (χ1) is 15.8. The van der Waals surface area contributed by atoms with E-state index < -0.39 is 17.8 Å². The fourth-order valence-corrected chi connectivity index (χ4v) is 4.29. The van der Waals surface area contributed by atoms with E-state index in [-0.39, 0.29) is 25.1 Å². The second-order valence-corrected chi connectivity index (χ2v) is 9.17. The van der Waals surface area contributed by atoms with Gasteiger partial charge in [0, 0.05) is 23.2 Å². The van der Waals surface area contributed by atoms with E-state index in [0.717, 1.165) is 36.8 Å². The van der Waals surface area contributed by atoms with E-state index in [0.29, 0.717) is 16.3 Å². The molecule has 2 aromatic rings. The van der Waals surface area contributed by atoms with Crippen LogP contribution in [0.15, 0.2) is 36.4 Å². The molecule has 0 bridgehead atoms. The summed E-state index contributed by atoms with van der Waals surface area (Å²) in [7, 11) is 0. The number of rotatable bonds is 8. The Labute approximate surface area is 200 Å². The quantitative estimate of drug-likeness (QED) is 0.561. The maximum atomic E-state index is 14.3. The average molecular weight is 475 g/mol. The third-order valence-electron chi connectivity index (χ3n) is 6.19. The molecule has 2 amide bonds. The number of carbonyl (C=O) groups excluding carboxylic acids is 2. The van der Waals surface area contributed by atoms with Gasteiger partial charge in [-0.15, -0.1) is 0 Å². The highest BCUT2D eigenvalue weighted by molar-refractivity contribution is 6.32. The van der Waals surface area contributed by atoms with Crippen LogP contribution in [0.4, 0.5) is 4.39 Å². The van der Waals surface area contributed by atoms with Gasteiger partial charge >= 0.3 is 0 Å². The number of carbonyl (C=O) groups is 2. The second kappa shape index (κ2) is 11.5. The number of benzene rings is 2. The minimum Gasteiger partial charge on any atom is -0.484 e. The van der Waals surface area contributed by atoms with Gasteiger partial charge in [0.1, 0.15) is 17.6 Å². The fourth-order valence-electron chi connectivity index (χ4n) is 4.18. The summed E-state index contributed by atoms with van der Waals surface area (Å²) in [5, 5.41) is 3.72. The smallest absolute Gasteiger partial charge is 0.261 e. The summed E-state index contributed by atoms with van der Waals surface area (Å²) in [6.07, 6.45) is 5.24. The first-order valence-electron chi connectivity index (χ1n) is 11.5. The van der Waals surface area contributed by atoms with Crippen molar-refractivity contribution in [2.75, 3.05) is 6.61 Å². The Morgan fingerprint density at radius 2 is 1.79 bits per heavy atom.